The molecule has 0 aliphatic heterocycles. The molecule has 2 heterocycles. The monoisotopic (exact) mass is 337 g/mol. The van der Waals surface area contributed by atoms with Gasteiger partial charge in [-0.05, 0) is 34.5 Å². The van der Waals surface area contributed by atoms with E-state index in [1.807, 2.05) is 12.1 Å². The Hall–Kier alpha value is -1.36. The molecule has 0 spiro atoms. The zero-order valence-electron chi connectivity index (χ0n) is 12.3. The Morgan fingerprint density at radius 1 is 1.30 bits per heavy atom. The quantitative estimate of drug-likeness (QED) is 0.884. The molecule has 2 aromatic heterocycles. The largest absolute Gasteiger partial charge is 0.461 e. The van der Waals surface area contributed by atoms with Crippen LogP contribution in [0.25, 0.3) is 11.6 Å². The van der Waals surface area contributed by atoms with Gasteiger partial charge in [0.15, 0.2) is 11.6 Å². The van der Waals surface area contributed by atoms with Crippen LogP contribution in [-0.4, -0.2) is 16.5 Å². The molecule has 20 heavy (non-hydrogen) atoms. The van der Waals surface area contributed by atoms with E-state index in [-0.39, 0.29) is 5.41 Å². The number of aromatic nitrogens is 2. The lowest BCUT2D eigenvalue weighted by Crippen LogP contribution is -2.17. The molecular weight excluding hydrogens is 318 g/mol. The maximum atomic E-state index is 5.42. The van der Waals surface area contributed by atoms with Gasteiger partial charge in [-0.2, -0.15) is 0 Å². The van der Waals surface area contributed by atoms with Gasteiger partial charge in [-0.3, -0.25) is 0 Å². The number of nitrogens with one attached hydrogen (secondary N) is 1. The van der Waals surface area contributed by atoms with E-state index in [1.165, 1.54) is 0 Å². The summed E-state index contributed by atoms with van der Waals surface area (Å²) in [7, 11) is 0. The van der Waals surface area contributed by atoms with E-state index in [9.17, 15) is 0 Å². The highest BCUT2D eigenvalue weighted by molar-refractivity contribution is 9.10. The molecule has 2 aromatic rings. The van der Waals surface area contributed by atoms with Gasteiger partial charge < -0.3 is 9.73 Å². The molecule has 0 radical (unpaired) electrons. The van der Waals surface area contributed by atoms with E-state index in [2.05, 4.69) is 58.9 Å². The number of hydrogen-bond donors (Lipinski definition) is 1. The summed E-state index contributed by atoms with van der Waals surface area (Å²) >= 11 is 3.63. The molecule has 108 valence electrons. The number of anilines is 1. The maximum Gasteiger partial charge on any atom is 0.197 e. The van der Waals surface area contributed by atoms with Gasteiger partial charge in [-0.15, -0.1) is 0 Å². The second-order valence-corrected chi connectivity index (χ2v) is 6.51. The van der Waals surface area contributed by atoms with Crippen LogP contribution in [0.2, 0.25) is 0 Å². The van der Waals surface area contributed by atoms with E-state index < -0.39 is 0 Å². The van der Waals surface area contributed by atoms with Crippen LogP contribution in [0.5, 0.6) is 0 Å². The zero-order valence-corrected chi connectivity index (χ0v) is 13.9. The summed E-state index contributed by atoms with van der Waals surface area (Å²) in [6.45, 7) is 9.40. The van der Waals surface area contributed by atoms with Crippen molar-refractivity contribution in [2.75, 3.05) is 11.9 Å². The first kappa shape index (κ1) is 15.0. The number of furan rings is 1. The third-order valence-electron chi connectivity index (χ3n) is 2.85. The van der Waals surface area contributed by atoms with E-state index >= 15 is 0 Å². The summed E-state index contributed by atoms with van der Waals surface area (Å²) in [4.78, 5) is 9.23. The average molecular weight is 338 g/mol. The first-order chi connectivity index (χ1) is 9.43. The summed E-state index contributed by atoms with van der Waals surface area (Å²) in [6, 6.07) is 3.72. The molecule has 0 saturated carbocycles. The molecule has 5 heteroatoms. The number of rotatable bonds is 4. The van der Waals surface area contributed by atoms with Crippen LogP contribution in [-0.2, 0) is 5.41 Å². The highest BCUT2D eigenvalue weighted by Crippen LogP contribution is 2.34. The number of halogens is 1. The van der Waals surface area contributed by atoms with Gasteiger partial charge in [-0.1, -0.05) is 27.7 Å². The van der Waals surface area contributed by atoms with Crippen molar-refractivity contribution >= 4 is 21.7 Å². The van der Waals surface area contributed by atoms with Gasteiger partial charge in [0.1, 0.15) is 5.82 Å². The Bertz CT molecular complexity index is 574. The molecule has 1 N–H and O–H groups in total. The van der Waals surface area contributed by atoms with Crippen LogP contribution in [0.1, 0.15) is 39.8 Å². The summed E-state index contributed by atoms with van der Waals surface area (Å²) in [5.41, 5.74) is 0.892. The third kappa shape index (κ3) is 3.20. The van der Waals surface area contributed by atoms with Crippen LogP contribution in [0, 0.1) is 0 Å². The predicted octanol–water partition coefficient (Wildman–Crippen LogP) is 4.62. The molecule has 0 unspecified atom stereocenters. The van der Waals surface area contributed by atoms with Crippen LogP contribution in [0.15, 0.2) is 27.3 Å². The molecule has 0 aliphatic rings. The smallest absolute Gasteiger partial charge is 0.197 e. The SMILES string of the molecule is CCCNc1nc(-c2ccco2)nc(C(C)(C)C)c1Br. The van der Waals surface area contributed by atoms with Crippen molar-refractivity contribution < 1.29 is 4.42 Å². The molecule has 0 bridgehead atoms. The Morgan fingerprint density at radius 3 is 2.60 bits per heavy atom. The summed E-state index contributed by atoms with van der Waals surface area (Å²) in [5.74, 6) is 2.11. The standard InChI is InChI=1S/C15H20BrN3O/c1-5-8-17-14-11(16)12(15(2,3)4)18-13(19-14)10-7-6-9-20-10/h6-7,9H,5,8H2,1-4H3,(H,17,18,19). The van der Waals surface area contributed by atoms with Crippen LogP contribution < -0.4 is 5.32 Å². The Kier molecular flexibility index (Phi) is 4.48. The lowest BCUT2D eigenvalue weighted by Gasteiger charge is -2.21. The first-order valence-electron chi connectivity index (χ1n) is 6.79. The van der Waals surface area contributed by atoms with E-state index in [0.717, 1.165) is 29.0 Å². The molecule has 0 saturated heterocycles. The van der Waals surface area contributed by atoms with Crippen molar-refractivity contribution in [2.24, 2.45) is 0 Å². The van der Waals surface area contributed by atoms with Gasteiger partial charge in [0, 0.05) is 12.0 Å². The normalized spacial score (nSPS) is 11.7. The molecule has 0 aliphatic carbocycles. The Morgan fingerprint density at radius 2 is 2.05 bits per heavy atom. The molecule has 0 aromatic carbocycles. The van der Waals surface area contributed by atoms with Crippen LogP contribution in [0.4, 0.5) is 5.82 Å². The van der Waals surface area contributed by atoms with Gasteiger partial charge in [0.05, 0.1) is 16.4 Å². The van der Waals surface area contributed by atoms with Gasteiger partial charge in [0.2, 0.25) is 0 Å². The summed E-state index contributed by atoms with van der Waals surface area (Å²) in [5, 5.41) is 3.34. The third-order valence-corrected chi connectivity index (χ3v) is 3.60. The first-order valence-corrected chi connectivity index (χ1v) is 7.58. The van der Waals surface area contributed by atoms with Crippen molar-refractivity contribution in [3.8, 4) is 11.6 Å². The average Bonchev–Trinajstić information content (AvgIpc) is 2.90. The summed E-state index contributed by atoms with van der Waals surface area (Å²) < 4.78 is 6.34. The molecule has 0 fully saturated rings. The predicted molar refractivity (Wildman–Crippen MR) is 84.9 cm³/mol. The Labute approximate surface area is 128 Å². The topological polar surface area (TPSA) is 51.0 Å². The minimum absolute atomic E-state index is 0.0776. The minimum Gasteiger partial charge on any atom is -0.461 e. The second-order valence-electron chi connectivity index (χ2n) is 5.71. The van der Waals surface area contributed by atoms with Crippen LogP contribution >= 0.6 is 15.9 Å². The van der Waals surface area contributed by atoms with Crippen molar-refractivity contribution in [2.45, 2.75) is 39.5 Å². The van der Waals surface area contributed by atoms with Gasteiger partial charge in [0.25, 0.3) is 0 Å². The highest BCUT2D eigenvalue weighted by atomic mass is 79.9. The van der Waals surface area contributed by atoms with Crippen molar-refractivity contribution in [1.29, 1.82) is 0 Å². The molecule has 2 rings (SSSR count). The van der Waals surface area contributed by atoms with E-state index in [4.69, 9.17) is 4.42 Å². The van der Waals surface area contributed by atoms with Crippen molar-refractivity contribution in [3.05, 3.63) is 28.6 Å². The fraction of sp³-hybridized carbons (Fsp3) is 0.467. The van der Waals surface area contributed by atoms with Gasteiger partial charge >= 0.3 is 0 Å². The maximum absolute atomic E-state index is 5.42. The fourth-order valence-corrected chi connectivity index (χ4v) is 2.73. The van der Waals surface area contributed by atoms with Crippen LogP contribution in [0.3, 0.4) is 0 Å². The fourth-order valence-electron chi connectivity index (χ4n) is 1.82. The Balaban J connectivity index is 2.54. The number of nitrogens with zero attached hydrogens (tertiary/aromatic N) is 2. The molecule has 0 amide bonds. The zero-order chi connectivity index (χ0) is 14.8. The minimum atomic E-state index is -0.0776. The molecule has 4 nitrogen and oxygen atoms in total. The lowest BCUT2D eigenvalue weighted by atomic mass is 9.92. The molecule has 0 atom stereocenters. The lowest BCUT2D eigenvalue weighted by molar-refractivity contribution is 0.554. The molecular formula is C15H20BrN3O. The number of hydrogen-bond acceptors (Lipinski definition) is 4. The van der Waals surface area contributed by atoms with E-state index in [1.54, 1.807) is 6.26 Å². The second kappa shape index (κ2) is 5.95. The van der Waals surface area contributed by atoms with E-state index in [0.29, 0.717) is 11.6 Å². The van der Waals surface area contributed by atoms with Crippen molar-refractivity contribution in [3.63, 3.8) is 0 Å². The van der Waals surface area contributed by atoms with Crippen molar-refractivity contribution in [1.82, 2.24) is 9.97 Å². The highest BCUT2D eigenvalue weighted by Gasteiger charge is 2.24. The summed E-state index contributed by atoms with van der Waals surface area (Å²) in [6.07, 6.45) is 2.67. The van der Waals surface area contributed by atoms with Gasteiger partial charge in [-0.25, -0.2) is 9.97 Å².